The van der Waals surface area contributed by atoms with Gasteiger partial charge in [-0.2, -0.15) is 0 Å². The van der Waals surface area contributed by atoms with E-state index in [0.29, 0.717) is 6.04 Å². The molecule has 3 rings (SSSR count). The Hall–Kier alpha value is -1.86. The smallest absolute Gasteiger partial charge is 0.0345 e. The molecule has 1 unspecified atom stereocenters. The summed E-state index contributed by atoms with van der Waals surface area (Å²) in [6.07, 6.45) is 3.10. The van der Waals surface area contributed by atoms with E-state index in [-0.39, 0.29) is 5.41 Å². The van der Waals surface area contributed by atoms with Gasteiger partial charge in [0.2, 0.25) is 0 Å². The molecule has 0 radical (unpaired) electrons. The predicted octanol–water partition coefficient (Wildman–Crippen LogP) is 3.52. The van der Waals surface area contributed by atoms with Gasteiger partial charge in [0.1, 0.15) is 0 Å². The van der Waals surface area contributed by atoms with Crippen molar-refractivity contribution in [1.29, 1.82) is 0 Å². The minimum atomic E-state index is 0.0708. The van der Waals surface area contributed by atoms with E-state index in [9.17, 15) is 0 Å². The lowest BCUT2D eigenvalue weighted by Crippen LogP contribution is -2.30. The Labute approximate surface area is 115 Å². The molecule has 1 N–H and O–H groups in total. The maximum absolute atomic E-state index is 3.93. The zero-order valence-corrected chi connectivity index (χ0v) is 11.0. The van der Waals surface area contributed by atoms with Crippen LogP contribution in [0.3, 0.4) is 0 Å². The monoisotopic (exact) mass is 249 g/mol. The molecule has 96 valence electrons. The van der Waals surface area contributed by atoms with E-state index >= 15 is 0 Å². The summed E-state index contributed by atoms with van der Waals surface area (Å²) >= 11 is 0. The molecule has 1 saturated heterocycles. The van der Waals surface area contributed by atoms with Crippen molar-refractivity contribution in [2.24, 2.45) is 0 Å². The van der Waals surface area contributed by atoms with Gasteiger partial charge in [-0.05, 0) is 17.5 Å². The summed E-state index contributed by atoms with van der Waals surface area (Å²) in [5.74, 6) is 0. The van der Waals surface area contributed by atoms with Crippen molar-refractivity contribution in [3.63, 3.8) is 0 Å². The SMILES string of the molecule is C=CC1CC(c2ccccc2)(c2ccccc2)CN1. The highest BCUT2D eigenvalue weighted by molar-refractivity contribution is 5.42. The lowest BCUT2D eigenvalue weighted by molar-refractivity contribution is 0.563. The highest BCUT2D eigenvalue weighted by atomic mass is 15.0. The summed E-state index contributed by atoms with van der Waals surface area (Å²) in [6, 6.07) is 22.0. The molecule has 0 aromatic heterocycles. The maximum Gasteiger partial charge on any atom is 0.0345 e. The van der Waals surface area contributed by atoms with E-state index in [1.54, 1.807) is 0 Å². The summed E-state index contributed by atoms with van der Waals surface area (Å²) in [5, 5.41) is 3.58. The van der Waals surface area contributed by atoms with E-state index in [1.165, 1.54) is 11.1 Å². The fourth-order valence-corrected chi connectivity index (χ4v) is 3.11. The van der Waals surface area contributed by atoms with Crippen molar-refractivity contribution in [2.45, 2.75) is 17.9 Å². The molecular weight excluding hydrogens is 230 g/mol. The summed E-state index contributed by atoms with van der Waals surface area (Å²) in [4.78, 5) is 0. The molecule has 2 aromatic carbocycles. The molecule has 1 nitrogen and oxygen atoms in total. The van der Waals surface area contributed by atoms with Crippen LogP contribution in [0.2, 0.25) is 0 Å². The lowest BCUT2D eigenvalue weighted by atomic mass is 9.73. The van der Waals surface area contributed by atoms with E-state index in [1.807, 2.05) is 6.08 Å². The van der Waals surface area contributed by atoms with Gasteiger partial charge in [-0.1, -0.05) is 66.7 Å². The van der Waals surface area contributed by atoms with Gasteiger partial charge in [-0.15, -0.1) is 6.58 Å². The van der Waals surface area contributed by atoms with Crippen LogP contribution in [0.15, 0.2) is 73.3 Å². The van der Waals surface area contributed by atoms with Gasteiger partial charge in [0.15, 0.2) is 0 Å². The Kier molecular flexibility index (Phi) is 3.22. The molecule has 1 aliphatic heterocycles. The molecule has 0 saturated carbocycles. The number of benzene rings is 2. The van der Waals surface area contributed by atoms with E-state index in [0.717, 1.165) is 13.0 Å². The quantitative estimate of drug-likeness (QED) is 0.821. The molecule has 1 aliphatic rings. The summed E-state index contributed by atoms with van der Waals surface area (Å²) < 4.78 is 0. The first-order valence-corrected chi connectivity index (χ1v) is 6.82. The molecule has 0 amide bonds. The van der Waals surface area contributed by atoms with Crippen molar-refractivity contribution in [2.75, 3.05) is 6.54 Å². The summed E-state index contributed by atoms with van der Waals surface area (Å²) in [6.45, 7) is 4.90. The molecule has 1 heterocycles. The molecule has 19 heavy (non-hydrogen) atoms. The maximum atomic E-state index is 3.93. The van der Waals surface area contributed by atoms with Crippen LogP contribution >= 0.6 is 0 Å². The fourth-order valence-electron chi connectivity index (χ4n) is 3.11. The molecule has 0 aliphatic carbocycles. The first-order chi connectivity index (χ1) is 9.35. The molecule has 1 atom stereocenters. The minimum absolute atomic E-state index is 0.0708. The van der Waals surface area contributed by atoms with Crippen molar-refractivity contribution in [1.82, 2.24) is 5.32 Å². The summed E-state index contributed by atoms with van der Waals surface area (Å²) in [7, 11) is 0. The molecule has 2 aromatic rings. The number of nitrogens with one attached hydrogen (secondary N) is 1. The van der Waals surface area contributed by atoms with Crippen LogP contribution in [0.5, 0.6) is 0 Å². The van der Waals surface area contributed by atoms with Crippen LogP contribution in [0.4, 0.5) is 0 Å². The van der Waals surface area contributed by atoms with E-state index in [2.05, 4.69) is 72.6 Å². The third-order valence-electron chi connectivity index (χ3n) is 4.17. The Morgan fingerprint density at radius 3 is 1.89 bits per heavy atom. The molecule has 1 heteroatoms. The second-order valence-corrected chi connectivity index (χ2v) is 5.24. The van der Waals surface area contributed by atoms with Gasteiger partial charge in [0.05, 0.1) is 0 Å². The highest BCUT2D eigenvalue weighted by Gasteiger charge is 2.40. The summed E-state index contributed by atoms with van der Waals surface area (Å²) in [5.41, 5.74) is 2.84. The minimum Gasteiger partial charge on any atom is -0.309 e. The molecule has 0 bridgehead atoms. The average molecular weight is 249 g/mol. The van der Waals surface area contributed by atoms with Gasteiger partial charge in [-0.25, -0.2) is 0 Å². The van der Waals surface area contributed by atoms with Crippen molar-refractivity contribution < 1.29 is 0 Å². The van der Waals surface area contributed by atoms with Crippen molar-refractivity contribution in [3.05, 3.63) is 84.4 Å². The fraction of sp³-hybridized carbons (Fsp3) is 0.222. The second-order valence-electron chi connectivity index (χ2n) is 5.24. The first kappa shape index (κ1) is 12.2. The molecule has 0 spiro atoms. The van der Waals surface area contributed by atoms with Crippen LogP contribution in [0.1, 0.15) is 17.5 Å². The second kappa shape index (κ2) is 5.02. The van der Waals surface area contributed by atoms with Crippen LogP contribution in [-0.4, -0.2) is 12.6 Å². The topological polar surface area (TPSA) is 12.0 Å². The van der Waals surface area contributed by atoms with Gasteiger partial charge in [-0.3, -0.25) is 0 Å². The number of hydrogen-bond donors (Lipinski definition) is 1. The molecular formula is C18H19N. The lowest BCUT2D eigenvalue weighted by Gasteiger charge is -2.30. The van der Waals surface area contributed by atoms with Gasteiger partial charge >= 0.3 is 0 Å². The van der Waals surface area contributed by atoms with Gasteiger partial charge < -0.3 is 5.32 Å². The van der Waals surface area contributed by atoms with Crippen LogP contribution in [0.25, 0.3) is 0 Å². The standard InChI is InChI=1S/C18H19N/c1-2-17-13-18(14-19-17,15-9-5-3-6-10-15)16-11-7-4-8-12-16/h2-12,17,19H,1,13-14H2. The van der Waals surface area contributed by atoms with Crippen LogP contribution in [0, 0.1) is 0 Å². The van der Waals surface area contributed by atoms with Crippen LogP contribution < -0.4 is 5.32 Å². The third kappa shape index (κ3) is 2.11. The van der Waals surface area contributed by atoms with E-state index < -0.39 is 0 Å². The molecule has 1 fully saturated rings. The van der Waals surface area contributed by atoms with Crippen LogP contribution in [-0.2, 0) is 5.41 Å². The predicted molar refractivity (Wildman–Crippen MR) is 80.3 cm³/mol. The van der Waals surface area contributed by atoms with Crippen molar-refractivity contribution in [3.8, 4) is 0 Å². The number of rotatable bonds is 3. The number of hydrogen-bond acceptors (Lipinski definition) is 1. The largest absolute Gasteiger partial charge is 0.309 e. The Morgan fingerprint density at radius 2 is 1.47 bits per heavy atom. The van der Waals surface area contributed by atoms with Crippen molar-refractivity contribution >= 4 is 0 Å². The Balaban J connectivity index is 2.10. The zero-order chi connectivity index (χ0) is 13.1. The first-order valence-electron chi connectivity index (χ1n) is 6.82. The van der Waals surface area contributed by atoms with Gasteiger partial charge in [0, 0.05) is 18.0 Å². The van der Waals surface area contributed by atoms with E-state index in [4.69, 9.17) is 0 Å². The highest BCUT2D eigenvalue weighted by Crippen LogP contribution is 2.39. The third-order valence-corrected chi connectivity index (χ3v) is 4.17. The Bertz CT molecular complexity index is 505. The Morgan fingerprint density at radius 1 is 0.947 bits per heavy atom. The normalized spacial score (nSPS) is 21.2. The average Bonchev–Trinajstić information content (AvgIpc) is 2.95. The zero-order valence-electron chi connectivity index (χ0n) is 11.0. The van der Waals surface area contributed by atoms with Gasteiger partial charge in [0.25, 0.3) is 0 Å².